The second-order valence-corrected chi connectivity index (χ2v) is 7.11. The Morgan fingerprint density at radius 3 is 2.53 bits per heavy atom. The third-order valence-corrected chi connectivity index (χ3v) is 4.92. The van der Waals surface area contributed by atoms with Crippen LogP contribution in [0.3, 0.4) is 0 Å². The normalized spacial score (nSPS) is 26.1. The molecular weight excluding hydrogens is 396 g/mol. The fraction of sp³-hybridized carbons (Fsp3) is 0.600. The molecule has 5 atom stereocenters. The fourth-order valence-corrected chi connectivity index (χ4v) is 3.29. The van der Waals surface area contributed by atoms with Gasteiger partial charge < -0.3 is 40.1 Å². The lowest BCUT2D eigenvalue weighted by atomic mass is 9.95. The van der Waals surface area contributed by atoms with E-state index in [2.05, 4.69) is 5.32 Å². The molecule has 1 aromatic carbocycles. The van der Waals surface area contributed by atoms with Crippen LogP contribution in [0.25, 0.3) is 0 Å². The fourth-order valence-electron chi connectivity index (χ4n) is 3.29. The molecule has 2 amide bonds. The number of carbonyl (C=O) groups is 2. The Morgan fingerprint density at radius 2 is 1.90 bits per heavy atom. The Balaban J connectivity index is 1.74. The minimum absolute atomic E-state index is 0.135. The number of benzene rings is 1. The summed E-state index contributed by atoms with van der Waals surface area (Å²) < 4.78 is 10.1. The van der Waals surface area contributed by atoms with E-state index < -0.39 is 49.3 Å². The summed E-state index contributed by atoms with van der Waals surface area (Å²) >= 11 is 0. The molecule has 0 spiro atoms. The highest BCUT2D eigenvalue weighted by Crippen LogP contribution is 2.23. The van der Waals surface area contributed by atoms with Crippen LogP contribution in [0.2, 0.25) is 0 Å². The first-order valence-corrected chi connectivity index (χ1v) is 9.85. The number of nitrogens with one attached hydrogen (secondary N) is 1. The van der Waals surface area contributed by atoms with E-state index in [1.54, 1.807) is 0 Å². The maximum atomic E-state index is 12.2. The lowest BCUT2D eigenvalue weighted by Crippen LogP contribution is -2.68. The Kier molecular flexibility index (Phi) is 9.47. The van der Waals surface area contributed by atoms with Gasteiger partial charge in [0.2, 0.25) is 5.91 Å². The predicted octanol–water partition coefficient (Wildman–Crippen LogP) is -1.29. The Morgan fingerprint density at radius 1 is 1.20 bits per heavy atom. The van der Waals surface area contributed by atoms with Gasteiger partial charge in [0.1, 0.15) is 24.9 Å². The molecule has 1 saturated heterocycles. The van der Waals surface area contributed by atoms with Crippen molar-refractivity contribution < 1.29 is 39.5 Å². The van der Waals surface area contributed by atoms with Gasteiger partial charge in [-0.2, -0.15) is 0 Å². The molecule has 10 heteroatoms. The molecule has 1 fully saturated rings. The predicted molar refractivity (Wildman–Crippen MR) is 103 cm³/mol. The molecule has 0 unspecified atom stereocenters. The van der Waals surface area contributed by atoms with E-state index in [1.165, 1.54) is 6.92 Å². The SMILES string of the molecule is CC(=O)N(CCCCNC(=O)OCc1ccccc1)[C@@H]1[C@@H](O)[C@H](O)[C@@H](CO)O[C@@H]1[O-]. The van der Waals surface area contributed by atoms with E-state index in [4.69, 9.17) is 14.6 Å². The molecule has 1 aromatic rings. The van der Waals surface area contributed by atoms with E-state index in [-0.39, 0.29) is 13.2 Å². The van der Waals surface area contributed by atoms with Gasteiger partial charge in [0.15, 0.2) is 0 Å². The van der Waals surface area contributed by atoms with Crippen molar-refractivity contribution in [2.75, 3.05) is 19.7 Å². The Bertz CT molecular complexity index is 674. The summed E-state index contributed by atoms with van der Waals surface area (Å²) in [7, 11) is 0. The summed E-state index contributed by atoms with van der Waals surface area (Å²) in [6.07, 6.45) is -5.63. The molecule has 10 nitrogen and oxygen atoms in total. The molecule has 0 aromatic heterocycles. The molecule has 0 saturated carbocycles. The van der Waals surface area contributed by atoms with Crippen molar-refractivity contribution in [3.05, 3.63) is 35.9 Å². The van der Waals surface area contributed by atoms with Crippen LogP contribution >= 0.6 is 0 Å². The minimum Gasteiger partial charge on any atom is -0.829 e. The summed E-state index contributed by atoms with van der Waals surface area (Å²) in [6.45, 7) is 1.24. The van der Waals surface area contributed by atoms with Crippen molar-refractivity contribution in [2.45, 2.75) is 57.0 Å². The van der Waals surface area contributed by atoms with Crippen molar-refractivity contribution in [2.24, 2.45) is 0 Å². The number of ether oxygens (including phenoxy) is 2. The van der Waals surface area contributed by atoms with Crippen molar-refractivity contribution in [3.8, 4) is 0 Å². The first kappa shape index (κ1) is 24.0. The summed E-state index contributed by atoms with van der Waals surface area (Å²) in [6, 6.07) is 7.98. The van der Waals surface area contributed by atoms with E-state index in [0.29, 0.717) is 19.4 Å². The van der Waals surface area contributed by atoms with Crippen LogP contribution in [-0.4, -0.2) is 82.6 Å². The zero-order valence-corrected chi connectivity index (χ0v) is 16.8. The third kappa shape index (κ3) is 6.64. The molecule has 1 heterocycles. The van der Waals surface area contributed by atoms with Gasteiger partial charge in [-0.1, -0.05) is 30.3 Å². The minimum atomic E-state index is -1.80. The highest BCUT2D eigenvalue weighted by atomic mass is 16.6. The first-order valence-electron chi connectivity index (χ1n) is 9.85. The number of unbranched alkanes of at least 4 members (excludes halogenated alkanes) is 1. The van der Waals surface area contributed by atoms with Crippen LogP contribution in [0.1, 0.15) is 25.3 Å². The monoisotopic (exact) mass is 425 g/mol. The first-order chi connectivity index (χ1) is 14.3. The maximum Gasteiger partial charge on any atom is 0.407 e. The average molecular weight is 425 g/mol. The summed E-state index contributed by atoms with van der Waals surface area (Å²) in [5.74, 6) is -0.451. The topological polar surface area (TPSA) is 152 Å². The molecule has 2 rings (SSSR count). The average Bonchev–Trinajstić information content (AvgIpc) is 2.73. The van der Waals surface area contributed by atoms with E-state index in [9.17, 15) is 24.9 Å². The van der Waals surface area contributed by atoms with Crippen LogP contribution in [-0.2, 0) is 20.9 Å². The van der Waals surface area contributed by atoms with Crippen LogP contribution in [0.4, 0.5) is 4.79 Å². The summed E-state index contributed by atoms with van der Waals surface area (Å²) in [5.41, 5.74) is 0.871. The second-order valence-electron chi connectivity index (χ2n) is 7.11. The number of amides is 2. The molecule has 0 aliphatic carbocycles. The number of hydrogen-bond acceptors (Lipinski definition) is 8. The molecule has 4 N–H and O–H groups in total. The lowest BCUT2D eigenvalue weighted by molar-refractivity contribution is -0.525. The van der Waals surface area contributed by atoms with Crippen molar-refractivity contribution >= 4 is 12.0 Å². The summed E-state index contributed by atoms with van der Waals surface area (Å²) in [5, 5.41) is 44.2. The molecule has 1 aliphatic rings. The molecular formula is C20H29N2O8-. The number of nitrogens with zero attached hydrogens (tertiary/aromatic N) is 1. The number of hydrogen-bond donors (Lipinski definition) is 4. The molecule has 0 bridgehead atoms. The zero-order chi connectivity index (χ0) is 22.1. The molecule has 168 valence electrons. The van der Waals surface area contributed by atoms with Crippen molar-refractivity contribution in [3.63, 3.8) is 0 Å². The number of rotatable bonds is 9. The third-order valence-electron chi connectivity index (χ3n) is 4.92. The Labute approximate surface area is 175 Å². The van der Waals surface area contributed by atoms with Crippen LogP contribution in [0.15, 0.2) is 30.3 Å². The van der Waals surface area contributed by atoms with Gasteiger partial charge in [-0.25, -0.2) is 4.79 Å². The Hall–Kier alpha value is -2.24. The lowest BCUT2D eigenvalue weighted by Gasteiger charge is -2.50. The van der Waals surface area contributed by atoms with Gasteiger partial charge in [0.05, 0.1) is 12.6 Å². The van der Waals surface area contributed by atoms with Crippen LogP contribution in [0.5, 0.6) is 0 Å². The van der Waals surface area contributed by atoms with Gasteiger partial charge in [-0.05, 0) is 18.4 Å². The van der Waals surface area contributed by atoms with Gasteiger partial charge in [0.25, 0.3) is 0 Å². The van der Waals surface area contributed by atoms with Gasteiger partial charge in [-0.3, -0.25) is 4.79 Å². The van der Waals surface area contributed by atoms with Crippen LogP contribution in [0, 0.1) is 0 Å². The highest BCUT2D eigenvalue weighted by Gasteiger charge is 2.43. The standard InChI is InChI=1S/C20H29N2O8/c1-13(24)22(16-18(26)17(25)15(11-23)30-19(16)27)10-6-5-9-21-20(28)29-12-14-7-3-2-4-8-14/h2-4,7-8,15-19,23,25-26H,5-6,9-12H2,1H3,(H,21,28)/q-1/t15-,16-,17-,18-,19+/m1/s1. The highest BCUT2D eigenvalue weighted by molar-refractivity contribution is 5.73. The van der Waals surface area contributed by atoms with Gasteiger partial charge in [-0.15, -0.1) is 0 Å². The number of aliphatic hydroxyl groups is 3. The number of alkyl carbamates (subject to hydrolysis) is 1. The molecule has 30 heavy (non-hydrogen) atoms. The zero-order valence-electron chi connectivity index (χ0n) is 16.8. The van der Waals surface area contributed by atoms with Crippen LogP contribution < -0.4 is 10.4 Å². The van der Waals surface area contributed by atoms with E-state index in [1.807, 2.05) is 30.3 Å². The number of aliphatic hydroxyl groups excluding tert-OH is 3. The van der Waals surface area contributed by atoms with Crippen molar-refractivity contribution in [1.29, 1.82) is 0 Å². The van der Waals surface area contributed by atoms with Gasteiger partial charge in [0, 0.05) is 26.3 Å². The van der Waals surface area contributed by atoms with Gasteiger partial charge >= 0.3 is 6.09 Å². The smallest absolute Gasteiger partial charge is 0.407 e. The van der Waals surface area contributed by atoms with Crippen molar-refractivity contribution in [1.82, 2.24) is 10.2 Å². The maximum absolute atomic E-state index is 12.2. The summed E-state index contributed by atoms with van der Waals surface area (Å²) in [4.78, 5) is 24.9. The van der Waals surface area contributed by atoms with E-state index >= 15 is 0 Å². The number of carbonyl (C=O) groups excluding carboxylic acids is 2. The molecule has 1 aliphatic heterocycles. The largest absolute Gasteiger partial charge is 0.829 e. The molecule has 0 radical (unpaired) electrons. The van der Waals surface area contributed by atoms with E-state index in [0.717, 1.165) is 10.5 Å². The quantitative estimate of drug-likeness (QED) is 0.357. The second kappa shape index (κ2) is 11.8.